The van der Waals surface area contributed by atoms with E-state index in [0.717, 1.165) is 5.56 Å². The van der Waals surface area contributed by atoms with Crippen molar-refractivity contribution >= 4 is 11.6 Å². The average molecular weight is 253 g/mol. The highest BCUT2D eigenvalue weighted by Gasteiger charge is 2.26. The molecule has 0 N–H and O–H groups in total. The second-order valence-corrected chi connectivity index (χ2v) is 3.73. The maximum Gasteiger partial charge on any atom is 0.392 e. The molecule has 16 heavy (non-hydrogen) atoms. The molecule has 0 aromatic heterocycles. The Bertz CT molecular complexity index is 350. The number of rotatable bonds is 4. The van der Waals surface area contributed by atoms with E-state index in [9.17, 15) is 13.2 Å². The Hall–Kier alpha value is -0.900. The summed E-state index contributed by atoms with van der Waals surface area (Å²) in [6, 6.07) is 5.22. The zero-order valence-electron chi connectivity index (χ0n) is 8.77. The average Bonchev–Trinajstić information content (AvgIpc) is 2.18. The van der Waals surface area contributed by atoms with Crippen molar-refractivity contribution in [2.75, 3.05) is 6.61 Å². The lowest BCUT2D eigenvalue weighted by atomic mass is 10.1. The summed E-state index contributed by atoms with van der Waals surface area (Å²) in [5.41, 5.74) is 1.71. The highest BCUT2D eigenvalue weighted by atomic mass is 35.5. The van der Waals surface area contributed by atoms with Crippen LogP contribution < -0.4 is 4.74 Å². The second-order valence-electron chi connectivity index (χ2n) is 3.46. The molecular weight excluding hydrogens is 241 g/mol. The minimum Gasteiger partial charge on any atom is -0.493 e. The van der Waals surface area contributed by atoms with Gasteiger partial charge in [0, 0.05) is 5.56 Å². The van der Waals surface area contributed by atoms with Crippen molar-refractivity contribution in [2.45, 2.75) is 25.4 Å². The van der Waals surface area contributed by atoms with Crippen LogP contribution in [0.25, 0.3) is 0 Å². The topological polar surface area (TPSA) is 9.23 Å². The molecule has 0 saturated heterocycles. The first-order valence-corrected chi connectivity index (χ1v) is 5.31. The molecule has 0 amide bonds. The van der Waals surface area contributed by atoms with Crippen molar-refractivity contribution in [2.24, 2.45) is 0 Å². The van der Waals surface area contributed by atoms with Gasteiger partial charge in [0.2, 0.25) is 0 Å². The quantitative estimate of drug-likeness (QED) is 0.734. The zero-order valence-corrected chi connectivity index (χ0v) is 9.53. The van der Waals surface area contributed by atoms with Crippen molar-refractivity contribution < 1.29 is 17.9 Å². The molecule has 0 aliphatic rings. The molecule has 0 fully saturated rings. The summed E-state index contributed by atoms with van der Waals surface area (Å²) in [7, 11) is 0. The van der Waals surface area contributed by atoms with E-state index >= 15 is 0 Å². The van der Waals surface area contributed by atoms with Crippen LogP contribution in [0.1, 0.15) is 17.5 Å². The molecule has 0 radical (unpaired) electrons. The molecule has 90 valence electrons. The first kappa shape index (κ1) is 13.2. The van der Waals surface area contributed by atoms with Crippen molar-refractivity contribution in [3.8, 4) is 5.75 Å². The van der Waals surface area contributed by atoms with Crippen LogP contribution in [0.5, 0.6) is 5.75 Å². The van der Waals surface area contributed by atoms with Gasteiger partial charge in [-0.2, -0.15) is 13.2 Å². The van der Waals surface area contributed by atoms with E-state index in [1.54, 1.807) is 18.2 Å². The van der Waals surface area contributed by atoms with E-state index in [0.29, 0.717) is 11.3 Å². The Balaban J connectivity index is 2.60. The van der Waals surface area contributed by atoms with Crippen LogP contribution in [0.3, 0.4) is 0 Å². The Labute approximate surface area is 97.2 Å². The summed E-state index contributed by atoms with van der Waals surface area (Å²) >= 11 is 5.67. The van der Waals surface area contributed by atoms with Gasteiger partial charge < -0.3 is 4.74 Å². The number of halogens is 4. The lowest BCUT2D eigenvalue weighted by Gasteiger charge is -2.11. The molecule has 5 heteroatoms. The number of alkyl halides is 4. The number of benzene rings is 1. The zero-order chi connectivity index (χ0) is 12.2. The number of hydrogen-bond acceptors (Lipinski definition) is 1. The molecule has 0 spiro atoms. The third-order valence-electron chi connectivity index (χ3n) is 2.00. The maximum atomic E-state index is 11.9. The summed E-state index contributed by atoms with van der Waals surface area (Å²) in [6.07, 6.45) is -5.14. The molecule has 0 aliphatic carbocycles. The Morgan fingerprint density at radius 1 is 1.31 bits per heavy atom. The van der Waals surface area contributed by atoms with E-state index in [4.69, 9.17) is 16.3 Å². The Morgan fingerprint density at radius 2 is 2.00 bits per heavy atom. The Kier molecular flexibility index (Phi) is 4.47. The largest absolute Gasteiger partial charge is 0.493 e. The molecule has 0 saturated carbocycles. The van der Waals surface area contributed by atoms with E-state index in [1.165, 1.54) is 0 Å². The molecule has 1 aromatic carbocycles. The number of ether oxygens (including phenoxy) is 1. The smallest absolute Gasteiger partial charge is 0.392 e. The monoisotopic (exact) mass is 252 g/mol. The van der Waals surface area contributed by atoms with Gasteiger partial charge in [-0.15, -0.1) is 11.6 Å². The fraction of sp³-hybridized carbons (Fsp3) is 0.455. The summed E-state index contributed by atoms with van der Waals surface area (Å²) in [4.78, 5) is 0. The van der Waals surface area contributed by atoms with Gasteiger partial charge in [0.1, 0.15) is 5.75 Å². The first-order valence-electron chi connectivity index (χ1n) is 4.77. The van der Waals surface area contributed by atoms with E-state index in [2.05, 4.69) is 0 Å². The van der Waals surface area contributed by atoms with Gasteiger partial charge in [0.15, 0.2) is 0 Å². The summed E-state index contributed by atoms with van der Waals surface area (Å²) < 4.78 is 40.8. The van der Waals surface area contributed by atoms with Crippen molar-refractivity contribution in [3.05, 3.63) is 29.3 Å². The number of aryl methyl sites for hydroxylation is 1. The van der Waals surface area contributed by atoms with Crippen molar-refractivity contribution in [3.63, 3.8) is 0 Å². The van der Waals surface area contributed by atoms with Gasteiger partial charge in [0.25, 0.3) is 0 Å². The van der Waals surface area contributed by atoms with Gasteiger partial charge in [-0.05, 0) is 13.0 Å². The second kappa shape index (κ2) is 5.43. The van der Waals surface area contributed by atoms with Crippen LogP contribution in [-0.2, 0) is 5.88 Å². The SMILES string of the molecule is Cc1ccc(OCCC(F)(F)F)c(CCl)c1. The third kappa shape index (κ3) is 4.31. The fourth-order valence-electron chi connectivity index (χ4n) is 1.23. The maximum absolute atomic E-state index is 11.9. The van der Waals surface area contributed by atoms with E-state index in [1.807, 2.05) is 6.92 Å². The fourth-order valence-corrected chi connectivity index (χ4v) is 1.44. The molecule has 0 bridgehead atoms. The molecule has 1 nitrogen and oxygen atoms in total. The molecule has 0 heterocycles. The predicted molar refractivity (Wildman–Crippen MR) is 56.9 cm³/mol. The van der Waals surface area contributed by atoms with Gasteiger partial charge >= 0.3 is 6.18 Å². The van der Waals surface area contributed by atoms with Crippen LogP contribution in [0, 0.1) is 6.92 Å². The van der Waals surface area contributed by atoms with Gasteiger partial charge in [0.05, 0.1) is 18.9 Å². The van der Waals surface area contributed by atoms with E-state index in [-0.39, 0.29) is 12.5 Å². The van der Waals surface area contributed by atoms with Crippen molar-refractivity contribution in [1.29, 1.82) is 0 Å². The minimum absolute atomic E-state index is 0.225. The van der Waals surface area contributed by atoms with Crippen molar-refractivity contribution in [1.82, 2.24) is 0 Å². The highest BCUT2D eigenvalue weighted by Crippen LogP contribution is 2.24. The Morgan fingerprint density at radius 3 is 2.56 bits per heavy atom. The molecule has 0 atom stereocenters. The highest BCUT2D eigenvalue weighted by molar-refractivity contribution is 6.17. The normalized spacial score (nSPS) is 11.6. The van der Waals surface area contributed by atoms with Crippen LogP contribution in [0.15, 0.2) is 18.2 Å². The summed E-state index contributed by atoms with van der Waals surface area (Å²) in [5, 5.41) is 0. The molecule has 1 rings (SSSR count). The van der Waals surface area contributed by atoms with Gasteiger partial charge in [-0.3, -0.25) is 0 Å². The van der Waals surface area contributed by atoms with Crippen LogP contribution in [0.4, 0.5) is 13.2 Å². The van der Waals surface area contributed by atoms with Gasteiger partial charge in [-0.1, -0.05) is 17.7 Å². The predicted octanol–water partition coefficient (Wildman–Crippen LogP) is 4.07. The molecule has 0 aliphatic heterocycles. The van der Waals surface area contributed by atoms with Crippen LogP contribution in [-0.4, -0.2) is 12.8 Å². The molecule has 0 unspecified atom stereocenters. The standard InChI is InChI=1S/C11H12ClF3O/c1-8-2-3-10(9(6-8)7-12)16-5-4-11(13,14)15/h2-3,6H,4-5,7H2,1H3. The molecule has 1 aromatic rings. The number of hydrogen-bond donors (Lipinski definition) is 0. The lowest BCUT2D eigenvalue weighted by Crippen LogP contribution is -2.13. The third-order valence-corrected chi connectivity index (χ3v) is 2.29. The first-order chi connectivity index (χ1) is 7.42. The van der Waals surface area contributed by atoms with E-state index < -0.39 is 12.6 Å². The van der Waals surface area contributed by atoms with Crippen LogP contribution >= 0.6 is 11.6 Å². The lowest BCUT2D eigenvalue weighted by molar-refractivity contribution is -0.139. The summed E-state index contributed by atoms with van der Waals surface area (Å²) in [6.45, 7) is 1.51. The van der Waals surface area contributed by atoms with Gasteiger partial charge in [-0.25, -0.2) is 0 Å². The minimum atomic E-state index is -4.19. The van der Waals surface area contributed by atoms with Crippen LogP contribution in [0.2, 0.25) is 0 Å². The summed E-state index contributed by atoms with van der Waals surface area (Å²) in [5.74, 6) is 0.646. The molecular formula is C11H12ClF3O.